The molecule has 5 aromatic carbocycles. The number of azo groups is 1. The van der Waals surface area contributed by atoms with Crippen molar-refractivity contribution < 1.29 is 28.5 Å². The number of nitrogens with zero attached hydrogens (tertiary/aromatic N) is 3. The molecule has 0 aliphatic rings. The first-order valence-corrected chi connectivity index (χ1v) is 24.6. The average Bonchev–Trinajstić information content (AvgIpc) is 3.35. The Morgan fingerprint density at radius 3 is 1.27 bits per heavy atom. The second kappa shape index (κ2) is 30.9. The van der Waals surface area contributed by atoms with Gasteiger partial charge in [-0.25, -0.2) is 9.59 Å². The van der Waals surface area contributed by atoms with Crippen LogP contribution < -0.4 is 18.9 Å². The number of unbranched alkanes of at least 4 members (excludes halogenated alkanes) is 18. The van der Waals surface area contributed by atoms with Crippen LogP contribution in [0, 0.1) is 0 Å². The number of benzene rings is 5. The molecule has 0 atom stereocenters. The van der Waals surface area contributed by atoms with Gasteiger partial charge in [0.15, 0.2) is 0 Å². The van der Waals surface area contributed by atoms with Crippen LogP contribution in [0.2, 0.25) is 0 Å². The summed E-state index contributed by atoms with van der Waals surface area (Å²) in [4.78, 5) is 30.3. The Labute approximate surface area is 394 Å². The van der Waals surface area contributed by atoms with Gasteiger partial charge in [-0.05, 0) is 128 Å². The Balaban J connectivity index is 0.970. The van der Waals surface area contributed by atoms with Gasteiger partial charge >= 0.3 is 11.9 Å². The maximum Gasteiger partial charge on any atom is 0.343 e. The molecule has 0 radical (unpaired) electrons. The predicted molar refractivity (Wildman–Crippen MR) is 268 cm³/mol. The molecule has 0 fully saturated rings. The highest BCUT2D eigenvalue weighted by Crippen LogP contribution is 2.24. The van der Waals surface area contributed by atoms with Gasteiger partial charge in [0.05, 0.1) is 41.4 Å². The summed E-state index contributed by atoms with van der Waals surface area (Å²) in [7, 11) is 0. The molecule has 0 N–H and O–H groups in total. The van der Waals surface area contributed by atoms with Gasteiger partial charge in [0, 0.05) is 6.21 Å². The Morgan fingerprint density at radius 1 is 0.409 bits per heavy atom. The molecule has 0 spiro atoms. The molecule has 0 amide bonds. The fourth-order valence-electron chi connectivity index (χ4n) is 7.37. The van der Waals surface area contributed by atoms with Crippen LogP contribution in [0.1, 0.15) is 169 Å². The SMILES string of the molecule is CCCCCCCCCCCCOc1ccc(N=Nc2ccc(C(=O)Oc3cccc(C=Nc4ccc(OC(=O)c5ccc(OCCCCCCCCCCCC)cc5)cc4)c3)cc2)cc1. The normalized spacial score (nSPS) is 11.3. The topological polar surface area (TPSA) is 108 Å². The van der Waals surface area contributed by atoms with Crippen LogP contribution in [-0.4, -0.2) is 31.4 Å². The van der Waals surface area contributed by atoms with Gasteiger partial charge in [0.2, 0.25) is 0 Å². The zero-order valence-electron chi connectivity index (χ0n) is 39.5. The van der Waals surface area contributed by atoms with E-state index in [2.05, 4.69) is 29.1 Å². The van der Waals surface area contributed by atoms with E-state index in [1.54, 1.807) is 85.1 Å². The molecule has 0 saturated heterocycles. The summed E-state index contributed by atoms with van der Waals surface area (Å²) in [6.45, 7) is 5.91. The number of hydrogen-bond acceptors (Lipinski definition) is 9. The van der Waals surface area contributed by atoms with Crippen molar-refractivity contribution in [2.75, 3.05) is 13.2 Å². The first-order valence-electron chi connectivity index (χ1n) is 24.6. The smallest absolute Gasteiger partial charge is 0.343 e. The molecule has 66 heavy (non-hydrogen) atoms. The van der Waals surface area contributed by atoms with Gasteiger partial charge in [-0.2, -0.15) is 10.2 Å². The van der Waals surface area contributed by atoms with Crippen molar-refractivity contribution in [3.8, 4) is 23.0 Å². The van der Waals surface area contributed by atoms with E-state index in [0.717, 1.165) is 36.5 Å². The largest absolute Gasteiger partial charge is 0.494 e. The zero-order chi connectivity index (χ0) is 46.3. The van der Waals surface area contributed by atoms with E-state index >= 15 is 0 Å². The second-order valence-electron chi connectivity index (χ2n) is 16.9. The minimum absolute atomic E-state index is 0.388. The molecule has 0 heterocycles. The van der Waals surface area contributed by atoms with Crippen LogP contribution in [0.25, 0.3) is 0 Å². The fourth-order valence-corrected chi connectivity index (χ4v) is 7.37. The predicted octanol–water partition coefficient (Wildman–Crippen LogP) is 16.9. The van der Waals surface area contributed by atoms with E-state index in [4.69, 9.17) is 18.9 Å². The molecule has 0 bridgehead atoms. The number of carbonyl (C=O) groups is 2. The summed E-state index contributed by atoms with van der Waals surface area (Å²) < 4.78 is 23.1. The van der Waals surface area contributed by atoms with Gasteiger partial charge < -0.3 is 18.9 Å². The van der Waals surface area contributed by atoms with Crippen LogP contribution in [0.15, 0.2) is 137 Å². The number of esters is 2. The van der Waals surface area contributed by atoms with E-state index in [0.29, 0.717) is 46.3 Å². The second-order valence-corrected chi connectivity index (χ2v) is 16.9. The Morgan fingerprint density at radius 2 is 0.788 bits per heavy atom. The van der Waals surface area contributed by atoms with Crippen LogP contribution in [0.3, 0.4) is 0 Å². The number of rotatable bonds is 32. The van der Waals surface area contributed by atoms with E-state index in [9.17, 15) is 9.59 Å². The molecule has 9 heteroatoms. The van der Waals surface area contributed by atoms with Gasteiger partial charge in [-0.1, -0.05) is 142 Å². The highest BCUT2D eigenvalue weighted by molar-refractivity contribution is 5.92. The lowest BCUT2D eigenvalue weighted by atomic mass is 10.1. The van der Waals surface area contributed by atoms with Gasteiger partial charge in [-0.3, -0.25) is 4.99 Å². The van der Waals surface area contributed by atoms with Crippen LogP contribution in [0.4, 0.5) is 17.1 Å². The first-order chi connectivity index (χ1) is 32.5. The summed E-state index contributed by atoms with van der Waals surface area (Å²) in [6.07, 6.45) is 27.5. The molecule has 5 aromatic rings. The monoisotopic (exact) mass is 894 g/mol. The van der Waals surface area contributed by atoms with Crippen LogP contribution in [0.5, 0.6) is 23.0 Å². The molecule has 5 rings (SSSR count). The Kier molecular flexibility index (Phi) is 23.9. The lowest BCUT2D eigenvalue weighted by Gasteiger charge is -2.08. The Hall–Kier alpha value is -6.09. The third-order valence-electron chi connectivity index (χ3n) is 11.3. The summed E-state index contributed by atoms with van der Waals surface area (Å²) in [5.74, 6) is 1.44. The molecule has 0 aromatic heterocycles. The number of carbonyl (C=O) groups excluding carboxylic acids is 2. The Bertz CT molecular complexity index is 2170. The summed E-state index contributed by atoms with van der Waals surface area (Å²) in [6, 6.07) is 35.5. The molecular formula is C57H71N3O6. The maximum atomic E-state index is 13.0. The van der Waals surface area contributed by atoms with Crippen molar-refractivity contribution in [1.82, 2.24) is 0 Å². The molecule has 9 nitrogen and oxygen atoms in total. The van der Waals surface area contributed by atoms with E-state index in [1.807, 2.05) is 42.5 Å². The van der Waals surface area contributed by atoms with E-state index in [1.165, 1.54) is 116 Å². The number of ether oxygens (including phenoxy) is 4. The van der Waals surface area contributed by atoms with Gasteiger partial charge in [-0.15, -0.1) is 0 Å². The molecule has 0 aliphatic heterocycles. The van der Waals surface area contributed by atoms with Crippen molar-refractivity contribution in [3.63, 3.8) is 0 Å². The molecule has 0 saturated carbocycles. The maximum absolute atomic E-state index is 13.0. The third kappa shape index (κ3) is 20.4. The number of aliphatic imine (C=N–C) groups is 1. The van der Waals surface area contributed by atoms with Crippen molar-refractivity contribution in [2.45, 2.75) is 142 Å². The lowest BCUT2D eigenvalue weighted by Crippen LogP contribution is -2.08. The molecule has 350 valence electrons. The molecular weight excluding hydrogens is 823 g/mol. The summed E-state index contributed by atoms with van der Waals surface area (Å²) in [5.41, 5.74) is 3.57. The number of hydrogen-bond donors (Lipinski definition) is 0. The van der Waals surface area contributed by atoms with Crippen molar-refractivity contribution in [2.24, 2.45) is 15.2 Å². The molecule has 0 aliphatic carbocycles. The minimum atomic E-state index is -0.491. The van der Waals surface area contributed by atoms with Crippen LogP contribution >= 0.6 is 0 Å². The highest BCUT2D eigenvalue weighted by Gasteiger charge is 2.11. The standard InChI is InChI=1S/C57H71N3O6/c1-3-5-7-9-11-13-15-17-19-21-42-63-52-36-28-48(29-37-52)56(61)65-54-40-32-49(33-41-54)58-45-46-24-23-25-55(44-46)66-57(62)47-26-30-50(31-27-47)59-60-51-34-38-53(39-35-51)64-43-22-20-18-16-14-12-10-8-6-4-2/h23-41,44-45H,3-22,42-43H2,1-2H3. The fraction of sp³-hybridized carbons (Fsp3) is 0.421. The minimum Gasteiger partial charge on any atom is -0.494 e. The third-order valence-corrected chi connectivity index (χ3v) is 11.3. The summed E-state index contributed by atoms with van der Waals surface area (Å²) >= 11 is 0. The molecule has 0 unspecified atom stereocenters. The van der Waals surface area contributed by atoms with Crippen LogP contribution in [-0.2, 0) is 0 Å². The van der Waals surface area contributed by atoms with Crippen molar-refractivity contribution in [1.29, 1.82) is 0 Å². The van der Waals surface area contributed by atoms with Gasteiger partial charge in [0.25, 0.3) is 0 Å². The van der Waals surface area contributed by atoms with E-state index in [-0.39, 0.29) is 0 Å². The average molecular weight is 894 g/mol. The quantitative estimate of drug-likeness (QED) is 0.0140. The zero-order valence-corrected chi connectivity index (χ0v) is 39.5. The van der Waals surface area contributed by atoms with E-state index < -0.39 is 11.9 Å². The highest BCUT2D eigenvalue weighted by atomic mass is 16.5. The first kappa shape index (κ1) is 50.9. The summed E-state index contributed by atoms with van der Waals surface area (Å²) in [5, 5.41) is 8.66. The lowest BCUT2D eigenvalue weighted by molar-refractivity contribution is 0.0725. The van der Waals surface area contributed by atoms with Crippen molar-refractivity contribution >= 4 is 35.2 Å². The van der Waals surface area contributed by atoms with Crippen molar-refractivity contribution in [3.05, 3.63) is 138 Å². The van der Waals surface area contributed by atoms with Gasteiger partial charge in [0.1, 0.15) is 23.0 Å².